The number of nitrogens with two attached hydrogens (primary N) is 1. The van der Waals surface area contributed by atoms with Crippen LogP contribution >= 0.6 is 11.3 Å². The highest BCUT2D eigenvalue weighted by Gasteiger charge is 2.15. The number of fused-ring (bicyclic) bond motifs is 1. The predicted molar refractivity (Wildman–Crippen MR) is 74.3 cm³/mol. The molecule has 1 atom stereocenters. The van der Waals surface area contributed by atoms with Crippen LogP contribution in [0.5, 0.6) is 0 Å². The van der Waals surface area contributed by atoms with Gasteiger partial charge in [-0.15, -0.1) is 11.3 Å². The van der Waals surface area contributed by atoms with Gasteiger partial charge >= 0.3 is 0 Å². The molecule has 0 saturated heterocycles. The van der Waals surface area contributed by atoms with Gasteiger partial charge < -0.3 is 4.42 Å². The largest absolute Gasteiger partial charge is 0.469 e. The lowest BCUT2D eigenvalue weighted by Gasteiger charge is -2.11. The van der Waals surface area contributed by atoms with E-state index in [1.54, 1.807) is 29.7 Å². The monoisotopic (exact) mass is 276 g/mol. The fourth-order valence-corrected chi connectivity index (χ4v) is 3.22. The van der Waals surface area contributed by atoms with Crippen molar-refractivity contribution in [2.24, 2.45) is 5.84 Å². The number of nitrogens with one attached hydrogen (secondary N) is 1. The maximum Gasteiger partial charge on any atom is 0.124 e. The predicted octanol–water partition coefficient (Wildman–Crippen LogP) is 3.38. The van der Waals surface area contributed by atoms with E-state index in [4.69, 9.17) is 10.3 Å². The Morgan fingerprint density at radius 1 is 1.32 bits per heavy atom. The van der Waals surface area contributed by atoms with Crippen LogP contribution in [-0.2, 0) is 6.42 Å². The molecule has 2 heterocycles. The Kier molecular flexibility index (Phi) is 3.33. The number of hydrogen-bond acceptors (Lipinski definition) is 4. The second kappa shape index (κ2) is 5.13. The van der Waals surface area contributed by atoms with Gasteiger partial charge in [-0.05, 0) is 35.7 Å². The van der Waals surface area contributed by atoms with E-state index in [0.29, 0.717) is 6.42 Å². The molecule has 2 aromatic heterocycles. The molecule has 1 unspecified atom stereocenters. The highest BCUT2D eigenvalue weighted by molar-refractivity contribution is 7.19. The highest BCUT2D eigenvalue weighted by Crippen LogP contribution is 2.31. The molecule has 19 heavy (non-hydrogen) atoms. The number of rotatable bonds is 4. The lowest BCUT2D eigenvalue weighted by molar-refractivity contribution is 0.458. The van der Waals surface area contributed by atoms with E-state index < -0.39 is 0 Å². The summed E-state index contributed by atoms with van der Waals surface area (Å²) >= 11 is 1.54. The second-order valence-electron chi connectivity index (χ2n) is 4.33. The Balaban J connectivity index is 1.92. The average Bonchev–Trinajstić information content (AvgIpc) is 3.03. The molecule has 0 spiro atoms. The van der Waals surface area contributed by atoms with Gasteiger partial charge in [0.25, 0.3) is 0 Å². The van der Waals surface area contributed by atoms with E-state index in [1.807, 2.05) is 18.2 Å². The van der Waals surface area contributed by atoms with Crippen LogP contribution in [0.2, 0.25) is 0 Å². The number of halogens is 1. The van der Waals surface area contributed by atoms with Crippen molar-refractivity contribution in [2.75, 3.05) is 0 Å². The zero-order chi connectivity index (χ0) is 13.2. The zero-order valence-electron chi connectivity index (χ0n) is 10.1. The molecule has 1 aromatic carbocycles. The lowest BCUT2D eigenvalue weighted by Crippen LogP contribution is -2.28. The number of benzene rings is 1. The minimum atomic E-state index is -0.218. The number of furan rings is 1. The van der Waals surface area contributed by atoms with Gasteiger partial charge in [0.15, 0.2) is 0 Å². The molecule has 0 aliphatic heterocycles. The van der Waals surface area contributed by atoms with Gasteiger partial charge in [0.05, 0.1) is 12.3 Å². The maximum absolute atomic E-state index is 13.2. The van der Waals surface area contributed by atoms with Gasteiger partial charge in [0.1, 0.15) is 11.6 Å². The smallest absolute Gasteiger partial charge is 0.124 e. The third-order valence-electron chi connectivity index (χ3n) is 3.03. The third kappa shape index (κ3) is 2.53. The van der Waals surface area contributed by atoms with Crippen LogP contribution in [0.4, 0.5) is 4.39 Å². The maximum atomic E-state index is 13.2. The van der Waals surface area contributed by atoms with Crippen molar-refractivity contribution in [2.45, 2.75) is 12.5 Å². The summed E-state index contributed by atoms with van der Waals surface area (Å²) in [5.41, 5.74) is 2.79. The third-order valence-corrected chi connectivity index (χ3v) is 4.24. The Bertz CT molecular complexity index is 678. The minimum Gasteiger partial charge on any atom is -0.469 e. The molecule has 0 fully saturated rings. The lowest BCUT2D eigenvalue weighted by atomic mass is 10.1. The molecular weight excluding hydrogens is 263 g/mol. The van der Waals surface area contributed by atoms with Crippen LogP contribution in [-0.4, -0.2) is 0 Å². The van der Waals surface area contributed by atoms with Gasteiger partial charge in [-0.3, -0.25) is 11.3 Å². The Hall–Kier alpha value is -1.69. The van der Waals surface area contributed by atoms with Gasteiger partial charge in [0, 0.05) is 16.0 Å². The van der Waals surface area contributed by atoms with E-state index in [2.05, 4.69) is 5.43 Å². The normalized spacial score (nSPS) is 12.9. The van der Waals surface area contributed by atoms with Gasteiger partial charge in [-0.2, -0.15) is 0 Å². The number of hydrogen-bond donors (Lipinski definition) is 2. The van der Waals surface area contributed by atoms with Crippen LogP contribution in [0.3, 0.4) is 0 Å². The standard InChI is InChI=1S/C14H13FN2OS/c15-10-4-3-9-6-14(19-13(9)7-10)12(17-16)8-11-2-1-5-18-11/h1-7,12,17H,8,16H2. The van der Waals surface area contributed by atoms with E-state index in [1.165, 1.54) is 6.07 Å². The topological polar surface area (TPSA) is 51.2 Å². The molecule has 3 N–H and O–H groups in total. The van der Waals surface area contributed by atoms with Crippen molar-refractivity contribution in [1.29, 1.82) is 0 Å². The van der Waals surface area contributed by atoms with Gasteiger partial charge in [-0.25, -0.2) is 4.39 Å². The second-order valence-corrected chi connectivity index (χ2v) is 5.45. The summed E-state index contributed by atoms with van der Waals surface area (Å²) in [4.78, 5) is 1.07. The molecule has 0 saturated carbocycles. The van der Waals surface area contributed by atoms with Gasteiger partial charge in [0.2, 0.25) is 0 Å². The summed E-state index contributed by atoms with van der Waals surface area (Å²) < 4.78 is 19.4. The molecular formula is C14H13FN2OS. The first-order valence-corrected chi connectivity index (χ1v) is 6.75. The van der Waals surface area contributed by atoms with Crippen LogP contribution in [0, 0.1) is 5.82 Å². The molecule has 0 bridgehead atoms. The summed E-state index contributed by atoms with van der Waals surface area (Å²) in [6.45, 7) is 0. The summed E-state index contributed by atoms with van der Waals surface area (Å²) in [6, 6.07) is 10.6. The molecule has 3 nitrogen and oxygen atoms in total. The summed E-state index contributed by atoms with van der Waals surface area (Å²) in [6.07, 6.45) is 2.31. The van der Waals surface area contributed by atoms with Crippen molar-refractivity contribution < 1.29 is 8.81 Å². The van der Waals surface area contributed by atoms with Crippen molar-refractivity contribution >= 4 is 21.4 Å². The Labute approximate surface area is 113 Å². The SMILES string of the molecule is NNC(Cc1ccco1)c1cc2ccc(F)cc2s1. The summed E-state index contributed by atoms with van der Waals surface area (Å²) in [5, 5.41) is 1.03. The summed E-state index contributed by atoms with van der Waals surface area (Å²) in [5.74, 6) is 6.26. The molecule has 98 valence electrons. The molecule has 0 aliphatic carbocycles. The fraction of sp³-hybridized carbons (Fsp3) is 0.143. The molecule has 0 radical (unpaired) electrons. The number of hydrazine groups is 1. The molecule has 5 heteroatoms. The average molecular weight is 276 g/mol. The molecule has 0 amide bonds. The van der Waals surface area contributed by atoms with Crippen LogP contribution in [0.25, 0.3) is 10.1 Å². The van der Waals surface area contributed by atoms with Crippen LogP contribution < -0.4 is 11.3 Å². The fourth-order valence-electron chi connectivity index (χ4n) is 2.07. The first kappa shape index (κ1) is 12.3. The van der Waals surface area contributed by atoms with E-state index >= 15 is 0 Å². The Morgan fingerprint density at radius 3 is 2.95 bits per heavy atom. The van der Waals surface area contributed by atoms with Crippen molar-refractivity contribution in [1.82, 2.24) is 5.43 Å². The zero-order valence-corrected chi connectivity index (χ0v) is 10.9. The highest BCUT2D eigenvalue weighted by atomic mass is 32.1. The summed E-state index contributed by atoms with van der Waals surface area (Å²) in [7, 11) is 0. The molecule has 3 aromatic rings. The van der Waals surface area contributed by atoms with Crippen LogP contribution in [0.15, 0.2) is 47.1 Å². The van der Waals surface area contributed by atoms with E-state index in [9.17, 15) is 4.39 Å². The van der Waals surface area contributed by atoms with Crippen molar-refractivity contribution in [3.05, 3.63) is 59.1 Å². The first-order chi connectivity index (χ1) is 9.26. The molecule has 3 rings (SSSR count). The van der Waals surface area contributed by atoms with Gasteiger partial charge in [-0.1, -0.05) is 6.07 Å². The van der Waals surface area contributed by atoms with E-state index in [-0.39, 0.29) is 11.9 Å². The first-order valence-electron chi connectivity index (χ1n) is 5.94. The Morgan fingerprint density at radius 2 is 2.21 bits per heavy atom. The van der Waals surface area contributed by atoms with E-state index in [0.717, 1.165) is 20.7 Å². The minimum absolute atomic E-state index is 0.0355. The molecule has 0 aliphatic rings. The van der Waals surface area contributed by atoms with Crippen molar-refractivity contribution in [3.8, 4) is 0 Å². The van der Waals surface area contributed by atoms with Crippen molar-refractivity contribution in [3.63, 3.8) is 0 Å². The van der Waals surface area contributed by atoms with Crippen LogP contribution in [0.1, 0.15) is 16.7 Å². The number of thiophene rings is 1. The quantitative estimate of drug-likeness (QED) is 0.567.